The number of amides is 4. The summed E-state index contributed by atoms with van der Waals surface area (Å²) in [4.78, 5) is 61.7. The Morgan fingerprint density at radius 2 is 1.58 bits per heavy atom. The molecule has 3 aromatic rings. The maximum Gasteiger partial charge on any atom is 0.410 e. The van der Waals surface area contributed by atoms with Crippen LogP contribution in [0.5, 0.6) is 0 Å². The molecule has 7 rings (SSSR count). The molecule has 0 spiro atoms. The van der Waals surface area contributed by atoms with Gasteiger partial charge >= 0.3 is 17.8 Å². The van der Waals surface area contributed by atoms with Crippen LogP contribution in [0.1, 0.15) is 42.4 Å². The Balaban J connectivity index is 1.04. The van der Waals surface area contributed by atoms with Crippen molar-refractivity contribution in [2.24, 2.45) is 14.1 Å². The van der Waals surface area contributed by atoms with Crippen LogP contribution in [-0.4, -0.2) is 124 Å². The van der Waals surface area contributed by atoms with E-state index in [2.05, 4.69) is 15.5 Å². The molecular weight excluding hydrogens is 636 g/mol. The zero-order valence-electron chi connectivity index (χ0n) is 29.5. The van der Waals surface area contributed by atoms with Gasteiger partial charge in [-0.2, -0.15) is 0 Å². The number of fused-ring (bicyclic) bond motifs is 2. The number of ether oxygens (including phenoxy) is 1. The smallest absolute Gasteiger partial charge is 0.410 e. The Hall–Kier alpha value is -4.36. The number of para-hydroxylation sites is 1. The van der Waals surface area contributed by atoms with Crippen molar-refractivity contribution in [2.45, 2.75) is 63.6 Å². The molecule has 1 atom stereocenters. The first kappa shape index (κ1) is 34.1. The van der Waals surface area contributed by atoms with E-state index in [0.29, 0.717) is 51.6 Å². The number of rotatable bonds is 6. The van der Waals surface area contributed by atoms with Crippen molar-refractivity contribution in [3.8, 4) is 0 Å². The molecule has 4 amide bonds. The molecule has 0 radical (unpaired) electrons. The van der Waals surface area contributed by atoms with Gasteiger partial charge in [0.2, 0.25) is 0 Å². The Labute approximate surface area is 293 Å². The van der Waals surface area contributed by atoms with Gasteiger partial charge in [-0.3, -0.25) is 18.8 Å². The number of nitrogens with one attached hydrogen (secondary N) is 2. The first-order valence-corrected chi connectivity index (χ1v) is 18.2. The van der Waals surface area contributed by atoms with E-state index < -0.39 is 12.2 Å². The summed E-state index contributed by atoms with van der Waals surface area (Å²) >= 11 is 0. The third-order valence-corrected chi connectivity index (χ3v) is 11.3. The van der Waals surface area contributed by atoms with Crippen LogP contribution < -0.4 is 16.3 Å². The Morgan fingerprint density at radius 3 is 2.32 bits per heavy atom. The third-order valence-electron chi connectivity index (χ3n) is 11.3. The largest absolute Gasteiger partial charge is 0.436 e. The number of hydrogen-bond acceptors (Lipinski definition) is 7. The molecule has 3 fully saturated rings. The highest BCUT2D eigenvalue weighted by molar-refractivity contribution is 5.91. The molecule has 2 aromatic carbocycles. The fraction of sp³-hybridized carbons (Fsp3) is 0.568. The molecule has 13 heteroatoms. The van der Waals surface area contributed by atoms with Crippen molar-refractivity contribution in [1.82, 2.24) is 34.1 Å². The molecule has 3 saturated heterocycles. The molecule has 2 N–H and O–H groups in total. The second kappa shape index (κ2) is 14.5. The van der Waals surface area contributed by atoms with Gasteiger partial charge in [0.1, 0.15) is 0 Å². The number of benzene rings is 2. The fourth-order valence-electron chi connectivity index (χ4n) is 8.44. The van der Waals surface area contributed by atoms with Crippen molar-refractivity contribution >= 4 is 34.8 Å². The summed E-state index contributed by atoms with van der Waals surface area (Å²) in [7, 11) is 3.51. The minimum absolute atomic E-state index is 0.00857. The van der Waals surface area contributed by atoms with Crippen LogP contribution in [0, 0.1) is 6.92 Å². The fourth-order valence-corrected chi connectivity index (χ4v) is 8.44. The normalized spacial score (nSPS) is 20.4. The van der Waals surface area contributed by atoms with Crippen LogP contribution in [0.25, 0.3) is 11.0 Å². The number of likely N-dealkylation sites (tertiary alicyclic amines) is 1. The number of piperidine rings is 2. The number of anilines is 1. The van der Waals surface area contributed by atoms with Crippen LogP contribution in [0.3, 0.4) is 0 Å². The SMILES string of the molecule is Cc1cc(C[C@@H](OC(=O)N2CCC(N3CCc4ccccc4NC3=O)CC2)C(=O)N2CCN(C3CCNCC3)CC2)cc2c1n(C)c(=O)n2C. The maximum absolute atomic E-state index is 14.2. The van der Waals surface area contributed by atoms with E-state index in [1.807, 2.05) is 53.1 Å². The third kappa shape index (κ3) is 6.85. The number of imidazole rings is 1. The highest BCUT2D eigenvalue weighted by atomic mass is 16.6. The minimum atomic E-state index is -1.00. The predicted molar refractivity (Wildman–Crippen MR) is 191 cm³/mol. The molecule has 4 aliphatic heterocycles. The minimum Gasteiger partial charge on any atom is -0.436 e. The molecule has 268 valence electrons. The monoisotopic (exact) mass is 686 g/mol. The zero-order chi connectivity index (χ0) is 34.9. The zero-order valence-corrected chi connectivity index (χ0v) is 29.5. The van der Waals surface area contributed by atoms with Crippen molar-refractivity contribution in [3.63, 3.8) is 0 Å². The Bertz CT molecular complexity index is 1800. The average Bonchev–Trinajstić information content (AvgIpc) is 3.25. The van der Waals surface area contributed by atoms with E-state index in [4.69, 9.17) is 4.74 Å². The summed E-state index contributed by atoms with van der Waals surface area (Å²) in [6.07, 6.45) is 2.97. The first-order chi connectivity index (χ1) is 24.2. The van der Waals surface area contributed by atoms with Crippen LogP contribution in [-0.2, 0) is 36.5 Å². The van der Waals surface area contributed by atoms with Crippen LogP contribution in [0.2, 0.25) is 0 Å². The molecule has 0 unspecified atom stereocenters. The lowest BCUT2D eigenvalue weighted by atomic mass is 10.0. The molecule has 50 heavy (non-hydrogen) atoms. The summed E-state index contributed by atoms with van der Waals surface area (Å²) in [5.41, 5.74) is 5.25. The Kier molecular flexibility index (Phi) is 9.87. The lowest BCUT2D eigenvalue weighted by Crippen LogP contribution is -2.56. The maximum atomic E-state index is 14.2. The molecule has 5 heterocycles. The Morgan fingerprint density at radius 1 is 0.860 bits per heavy atom. The standard InChI is InChI=1S/C37H50N8O5/c1-25-22-26(23-31-33(25)41(3)36(48)40(31)2)24-32(34(46)43-20-18-42(19-21-43)28-8-13-38-14-9-28)50-37(49)44-15-11-29(12-16-44)45-17-10-27-6-4-5-7-30(27)39-35(45)47/h4-7,22-23,28-29,32,38H,8-21,24H2,1-3H3,(H,39,47)/t32-/m1/s1. The van der Waals surface area contributed by atoms with Crippen molar-refractivity contribution in [2.75, 3.05) is 64.2 Å². The predicted octanol–water partition coefficient (Wildman–Crippen LogP) is 2.68. The van der Waals surface area contributed by atoms with Gasteiger partial charge < -0.3 is 30.1 Å². The van der Waals surface area contributed by atoms with E-state index >= 15 is 0 Å². The molecule has 0 aliphatic carbocycles. The highest BCUT2D eigenvalue weighted by Gasteiger charge is 2.36. The van der Waals surface area contributed by atoms with E-state index in [0.717, 1.165) is 78.9 Å². The van der Waals surface area contributed by atoms with Crippen LogP contribution in [0.4, 0.5) is 15.3 Å². The van der Waals surface area contributed by atoms with Crippen molar-refractivity contribution < 1.29 is 19.1 Å². The number of piperazine rings is 1. The summed E-state index contributed by atoms with van der Waals surface area (Å²) < 4.78 is 9.38. The number of aromatic nitrogens is 2. The van der Waals surface area contributed by atoms with Crippen LogP contribution in [0.15, 0.2) is 41.2 Å². The lowest BCUT2D eigenvalue weighted by molar-refractivity contribution is -0.143. The lowest BCUT2D eigenvalue weighted by Gasteiger charge is -2.41. The van der Waals surface area contributed by atoms with E-state index in [1.54, 1.807) is 28.1 Å². The summed E-state index contributed by atoms with van der Waals surface area (Å²) in [5.74, 6) is -0.182. The van der Waals surface area contributed by atoms with Gasteiger partial charge in [-0.1, -0.05) is 24.3 Å². The number of urea groups is 1. The van der Waals surface area contributed by atoms with Gasteiger partial charge in [0.15, 0.2) is 6.10 Å². The van der Waals surface area contributed by atoms with Gasteiger partial charge in [-0.05, 0) is 80.9 Å². The van der Waals surface area contributed by atoms with Crippen LogP contribution >= 0.6 is 0 Å². The highest BCUT2D eigenvalue weighted by Crippen LogP contribution is 2.26. The van der Waals surface area contributed by atoms with Gasteiger partial charge in [0.05, 0.1) is 11.0 Å². The summed E-state index contributed by atoms with van der Waals surface area (Å²) in [5, 5.41) is 6.48. The number of hydrogen-bond donors (Lipinski definition) is 2. The quantitative estimate of drug-likeness (QED) is 0.409. The van der Waals surface area contributed by atoms with Gasteiger partial charge in [-0.15, -0.1) is 0 Å². The second-order valence-corrected chi connectivity index (χ2v) is 14.3. The van der Waals surface area contributed by atoms with Crippen molar-refractivity contribution in [1.29, 1.82) is 0 Å². The molecule has 4 aliphatic rings. The van der Waals surface area contributed by atoms with Gasteiger partial charge in [-0.25, -0.2) is 14.4 Å². The molecule has 1 aromatic heterocycles. The molecule has 0 saturated carbocycles. The second-order valence-electron chi connectivity index (χ2n) is 14.3. The van der Waals surface area contributed by atoms with Gasteiger partial charge in [0.25, 0.3) is 5.91 Å². The number of carbonyl (C=O) groups is 3. The van der Waals surface area contributed by atoms with E-state index in [9.17, 15) is 19.2 Å². The van der Waals surface area contributed by atoms with Gasteiger partial charge in [0, 0.05) is 84.1 Å². The summed E-state index contributed by atoms with van der Waals surface area (Å²) in [6, 6.07) is 12.2. The first-order valence-electron chi connectivity index (χ1n) is 18.2. The van der Waals surface area contributed by atoms with Crippen molar-refractivity contribution in [3.05, 3.63) is 63.6 Å². The molecule has 0 bridgehead atoms. The van der Waals surface area contributed by atoms with E-state index in [1.165, 1.54) is 0 Å². The number of nitrogens with zero attached hydrogens (tertiary/aromatic N) is 6. The number of aryl methyl sites for hydroxylation is 3. The molecular formula is C37H50N8O5. The topological polar surface area (TPSA) is 124 Å². The average molecular weight is 687 g/mol. The number of carbonyl (C=O) groups excluding carboxylic acids is 3. The molecule has 13 nitrogen and oxygen atoms in total. The van der Waals surface area contributed by atoms with E-state index in [-0.39, 0.29) is 30.1 Å². The summed E-state index contributed by atoms with van der Waals surface area (Å²) in [6.45, 7) is 8.29.